The Morgan fingerprint density at radius 2 is 1.75 bits per heavy atom. The van der Waals surface area contributed by atoms with Crippen molar-refractivity contribution in [3.05, 3.63) is 0 Å². The summed E-state index contributed by atoms with van der Waals surface area (Å²) >= 11 is 0. The third-order valence-corrected chi connectivity index (χ3v) is 5.70. The zero-order valence-corrected chi connectivity index (χ0v) is 15.9. The van der Waals surface area contributed by atoms with Gasteiger partial charge in [0.25, 0.3) is 0 Å². The third kappa shape index (κ3) is 6.01. The first kappa shape index (κ1) is 19.7. The van der Waals surface area contributed by atoms with E-state index in [1.165, 1.54) is 25.9 Å². The molecule has 0 aromatic rings. The molecule has 2 saturated heterocycles. The number of nitrogens with one attached hydrogen (secondary N) is 1. The molecule has 0 unspecified atom stereocenters. The second-order valence-corrected chi connectivity index (χ2v) is 7.35. The Labute approximate surface area is 148 Å². The van der Waals surface area contributed by atoms with Crippen LogP contribution in [0.3, 0.4) is 0 Å². The van der Waals surface area contributed by atoms with Gasteiger partial charge >= 0.3 is 0 Å². The van der Waals surface area contributed by atoms with E-state index in [0.29, 0.717) is 12.1 Å². The minimum atomic E-state index is -0.0313. The highest BCUT2D eigenvalue weighted by atomic mass is 16.5. The van der Waals surface area contributed by atoms with E-state index < -0.39 is 0 Å². The first-order chi connectivity index (χ1) is 11.6. The Hall–Kier alpha value is -0.650. The van der Waals surface area contributed by atoms with Crippen LogP contribution in [0.25, 0.3) is 0 Å². The molecular weight excluding hydrogens is 302 g/mol. The van der Waals surface area contributed by atoms with Crippen molar-refractivity contribution < 1.29 is 9.53 Å². The van der Waals surface area contributed by atoms with Crippen molar-refractivity contribution in [2.75, 3.05) is 39.3 Å². The number of carbonyl (C=O) groups excluding carboxylic acids is 1. The number of piperidine rings is 1. The molecule has 0 spiro atoms. The van der Waals surface area contributed by atoms with Gasteiger partial charge in [-0.2, -0.15) is 0 Å². The van der Waals surface area contributed by atoms with E-state index in [1.807, 2.05) is 6.92 Å². The molecule has 2 fully saturated rings. The molecule has 2 aliphatic heterocycles. The van der Waals surface area contributed by atoms with Gasteiger partial charge in [0.15, 0.2) is 0 Å². The molecule has 0 aromatic heterocycles. The second-order valence-electron chi connectivity index (χ2n) is 7.35. The summed E-state index contributed by atoms with van der Waals surface area (Å²) in [7, 11) is 0. The van der Waals surface area contributed by atoms with Gasteiger partial charge in [0.1, 0.15) is 0 Å². The van der Waals surface area contributed by atoms with Crippen LogP contribution in [0.4, 0.5) is 0 Å². The van der Waals surface area contributed by atoms with Crippen LogP contribution in [0.15, 0.2) is 0 Å². The number of likely N-dealkylation sites (tertiary alicyclic amines) is 2. The van der Waals surface area contributed by atoms with E-state index in [2.05, 4.69) is 29.0 Å². The molecule has 140 valence electrons. The molecule has 5 nitrogen and oxygen atoms in total. The highest BCUT2D eigenvalue weighted by molar-refractivity contribution is 5.81. The fourth-order valence-electron chi connectivity index (χ4n) is 3.76. The molecule has 0 radical (unpaired) electrons. The Bertz CT molecular complexity index is 360. The summed E-state index contributed by atoms with van der Waals surface area (Å²) in [4.78, 5) is 17.2. The Morgan fingerprint density at radius 3 is 2.33 bits per heavy atom. The van der Waals surface area contributed by atoms with Crippen LogP contribution < -0.4 is 5.32 Å². The fourth-order valence-corrected chi connectivity index (χ4v) is 3.76. The molecule has 1 N–H and O–H groups in total. The van der Waals surface area contributed by atoms with Crippen molar-refractivity contribution in [3.63, 3.8) is 0 Å². The van der Waals surface area contributed by atoms with E-state index in [1.54, 1.807) is 0 Å². The lowest BCUT2D eigenvalue weighted by Gasteiger charge is -2.35. The SMILES string of the molecule is CCC(CC)NC(=O)[C@H](C)N1CCC(OCCN2CCCC2)CC1. The standard InChI is InChI=1S/C19H37N3O2/c1-4-17(5-2)20-19(23)16(3)22-12-8-18(9-13-22)24-15-14-21-10-6-7-11-21/h16-18H,4-15H2,1-3H3,(H,20,23)/t16-/m0/s1. The second kappa shape index (κ2) is 10.4. The summed E-state index contributed by atoms with van der Waals surface area (Å²) in [6, 6.07) is 0.280. The predicted octanol–water partition coefficient (Wildman–Crippen LogP) is 2.26. The largest absolute Gasteiger partial charge is 0.377 e. The summed E-state index contributed by atoms with van der Waals surface area (Å²) in [6.07, 6.45) is 7.15. The number of hydrogen-bond donors (Lipinski definition) is 1. The van der Waals surface area contributed by atoms with Crippen molar-refractivity contribution in [3.8, 4) is 0 Å². The van der Waals surface area contributed by atoms with Gasteiger partial charge in [-0.3, -0.25) is 9.69 Å². The van der Waals surface area contributed by atoms with Crippen molar-refractivity contribution in [2.24, 2.45) is 0 Å². The van der Waals surface area contributed by atoms with Crippen molar-refractivity contribution >= 4 is 5.91 Å². The van der Waals surface area contributed by atoms with Crippen LogP contribution in [-0.2, 0) is 9.53 Å². The molecule has 0 aliphatic carbocycles. The van der Waals surface area contributed by atoms with E-state index in [-0.39, 0.29) is 11.9 Å². The van der Waals surface area contributed by atoms with E-state index in [0.717, 1.165) is 51.9 Å². The van der Waals surface area contributed by atoms with Gasteiger partial charge in [-0.05, 0) is 58.5 Å². The lowest BCUT2D eigenvalue weighted by Crippen LogP contribution is -2.51. The number of carbonyl (C=O) groups is 1. The van der Waals surface area contributed by atoms with Gasteiger partial charge in [-0.1, -0.05) is 13.8 Å². The van der Waals surface area contributed by atoms with E-state index >= 15 is 0 Å². The molecule has 0 saturated carbocycles. The number of nitrogens with zero attached hydrogens (tertiary/aromatic N) is 2. The molecule has 2 aliphatic rings. The highest BCUT2D eigenvalue weighted by Crippen LogP contribution is 2.17. The van der Waals surface area contributed by atoms with Gasteiger partial charge < -0.3 is 15.0 Å². The lowest BCUT2D eigenvalue weighted by molar-refractivity contribution is -0.127. The summed E-state index contributed by atoms with van der Waals surface area (Å²) in [5.74, 6) is 0.178. The van der Waals surface area contributed by atoms with Gasteiger partial charge in [0.05, 0.1) is 18.8 Å². The van der Waals surface area contributed by atoms with E-state index in [9.17, 15) is 4.79 Å². The zero-order chi connectivity index (χ0) is 17.4. The van der Waals surface area contributed by atoms with Gasteiger partial charge in [0, 0.05) is 25.7 Å². The van der Waals surface area contributed by atoms with Crippen molar-refractivity contribution in [2.45, 2.75) is 77.5 Å². The summed E-state index contributed by atoms with van der Waals surface area (Å²) in [5, 5.41) is 3.17. The Morgan fingerprint density at radius 1 is 1.12 bits per heavy atom. The number of ether oxygens (including phenoxy) is 1. The molecule has 2 rings (SSSR count). The summed E-state index contributed by atoms with van der Waals surface area (Å²) in [5.41, 5.74) is 0. The first-order valence-electron chi connectivity index (χ1n) is 10.0. The number of amides is 1. The van der Waals surface area contributed by atoms with Gasteiger partial charge in [-0.25, -0.2) is 0 Å². The molecular formula is C19H37N3O2. The predicted molar refractivity (Wildman–Crippen MR) is 98.2 cm³/mol. The topological polar surface area (TPSA) is 44.8 Å². The third-order valence-electron chi connectivity index (χ3n) is 5.70. The monoisotopic (exact) mass is 339 g/mol. The zero-order valence-electron chi connectivity index (χ0n) is 15.9. The normalized spacial score (nSPS) is 22.2. The Kier molecular flexibility index (Phi) is 8.50. The molecule has 2 heterocycles. The molecule has 0 bridgehead atoms. The van der Waals surface area contributed by atoms with Crippen LogP contribution in [0.1, 0.15) is 59.3 Å². The molecule has 1 atom stereocenters. The van der Waals surface area contributed by atoms with Gasteiger partial charge in [-0.15, -0.1) is 0 Å². The van der Waals surface area contributed by atoms with Gasteiger partial charge in [0.2, 0.25) is 5.91 Å². The van der Waals surface area contributed by atoms with E-state index in [4.69, 9.17) is 4.74 Å². The average molecular weight is 340 g/mol. The molecule has 24 heavy (non-hydrogen) atoms. The van der Waals surface area contributed by atoms with Crippen LogP contribution in [0, 0.1) is 0 Å². The molecule has 5 heteroatoms. The van der Waals surface area contributed by atoms with Crippen molar-refractivity contribution in [1.29, 1.82) is 0 Å². The highest BCUT2D eigenvalue weighted by Gasteiger charge is 2.27. The summed E-state index contributed by atoms with van der Waals surface area (Å²) in [6.45, 7) is 12.6. The average Bonchev–Trinajstić information content (AvgIpc) is 3.13. The maximum absolute atomic E-state index is 12.4. The molecule has 0 aromatic carbocycles. The maximum atomic E-state index is 12.4. The number of hydrogen-bond acceptors (Lipinski definition) is 4. The minimum Gasteiger partial charge on any atom is -0.377 e. The van der Waals surface area contributed by atoms with Crippen LogP contribution in [0.2, 0.25) is 0 Å². The first-order valence-corrected chi connectivity index (χ1v) is 10.0. The smallest absolute Gasteiger partial charge is 0.237 e. The van der Waals surface area contributed by atoms with Crippen LogP contribution >= 0.6 is 0 Å². The Balaban J connectivity index is 1.63. The minimum absolute atomic E-state index is 0.0313. The maximum Gasteiger partial charge on any atom is 0.237 e. The quantitative estimate of drug-likeness (QED) is 0.700. The number of rotatable bonds is 9. The fraction of sp³-hybridized carbons (Fsp3) is 0.947. The molecule has 1 amide bonds. The van der Waals surface area contributed by atoms with Crippen LogP contribution in [0.5, 0.6) is 0 Å². The lowest BCUT2D eigenvalue weighted by atomic mass is 10.1. The van der Waals surface area contributed by atoms with Crippen LogP contribution in [-0.4, -0.2) is 73.2 Å². The van der Waals surface area contributed by atoms with Crippen molar-refractivity contribution in [1.82, 2.24) is 15.1 Å². The summed E-state index contributed by atoms with van der Waals surface area (Å²) < 4.78 is 6.06.